The molecule has 2 aromatic rings. The van der Waals surface area contributed by atoms with E-state index in [0.717, 1.165) is 11.1 Å². The Balaban J connectivity index is 1.97. The highest BCUT2D eigenvalue weighted by molar-refractivity contribution is 5.91. The molecule has 6 heteroatoms. The van der Waals surface area contributed by atoms with Gasteiger partial charge in [0.05, 0.1) is 18.6 Å². The summed E-state index contributed by atoms with van der Waals surface area (Å²) in [6.45, 7) is 5.78. The van der Waals surface area contributed by atoms with Gasteiger partial charge in [0.25, 0.3) is 0 Å². The molecule has 0 aliphatic carbocycles. The summed E-state index contributed by atoms with van der Waals surface area (Å²) < 4.78 is 11.0. The third-order valence-corrected chi connectivity index (χ3v) is 3.99. The van der Waals surface area contributed by atoms with E-state index in [9.17, 15) is 14.7 Å². The van der Waals surface area contributed by atoms with Gasteiger partial charge in [-0.3, -0.25) is 4.79 Å². The van der Waals surface area contributed by atoms with Crippen LogP contribution in [-0.4, -0.2) is 36.8 Å². The van der Waals surface area contributed by atoms with Crippen molar-refractivity contribution in [3.05, 3.63) is 64.7 Å². The molecule has 6 nitrogen and oxygen atoms in total. The second-order valence-corrected chi connectivity index (χ2v) is 6.07. The molecule has 0 heterocycles. The average molecular weight is 371 g/mol. The normalized spacial score (nSPS) is 10.4. The summed E-state index contributed by atoms with van der Waals surface area (Å²) in [6, 6.07) is 12.3. The topological polar surface area (TPSA) is 84.9 Å². The minimum Gasteiger partial charge on any atom is -0.491 e. The fourth-order valence-corrected chi connectivity index (χ4v) is 2.61. The molecule has 2 aromatic carbocycles. The molecule has 27 heavy (non-hydrogen) atoms. The molecular formula is C21H25NO5. The molecule has 0 atom stereocenters. The number of ether oxygens (including phenoxy) is 2. The molecule has 2 N–H and O–H groups in total. The van der Waals surface area contributed by atoms with Gasteiger partial charge in [-0.05, 0) is 37.1 Å². The summed E-state index contributed by atoms with van der Waals surface area (Å²) in [5, 5.41) is 12.0. The van der Waals surface area contributed by atoms with Gasteiger partial charge in [0, 0.05) is 18.7 Å². The van der Waals surface area contributed by atoms with E-state index >= 15 is 0 Å². The van der Waals surface area contributed by atoms with Gasteiger partial charge in [-0.2, -0.15) is 0 Å². The Morgan fingerprint density at radius 2 is 1.85 bits per heavy atom. The maximum atomic E-state index is 12.3. The number of hydrogen-bond donors (Lipinski definition) is 2. The monoisotopic (exact) mass is 371 g/mol. The highest BCUT2D eigenvalue weighted by atomic mass is 16.5. The minimum atomic E-state index is -1.04. The third kappa shape index (κ3) is 6.42. The van der Waals surface area contributed by atoms with E-state index in [1.165, 1.54) is 6.07 Å². The van der Waals surface area contributed by atoms with Crippen molar-refractivity contribution in [3.8, 4) is 5.75 Å². The average Bonchev–Trinajstić information content (AvgIpc) is 2.65. The number of aryl methyl sites for hydroxylation is 1. The highest BCUT2D eigenvalue weighted by Gasteiger charge is 2.13. The van der Waals surface area contributed by atoms with Crippen LogP contribution in [0.1, 0.15) is 34.0 Å². The Hall–Kier alpha value is -2.86. The molecule has 144 valence electrons. The van der Waals surface area contributed by atoms with Gasteiger partial charge in [-0.15, -0.1) is 0 Å². The van der Waals surface area contributed by atoms with Crippen LogP contribution in [0.5, 0.6) is 5.75 Å². The number of aromatic carboxylic acids is 1. The smallest absolute Gasteiger partial charge is 0.335 e. The van der Waals surface area contributed by atoms with Crippen molar-refractivity contribution in [1.29, 1.82) is 0 Å². The predicted molar refractivity (Wildman–Crippen MR) is 102 cm³/mol. The van der Waals surface area contributed by atoms with Crippen LogP contribution in [0, 0.1) is 6.92 Å². The lowest BCUT2D eigenvalue weighted by Gasteiger charge is -2.13. The molecule has 0 aromatic heterocycles. The number of benzene rings is 2. The van der Waals surface area contributed by atoms with E-state index in [0.29, 0.717) is 37.7 Å². The summed E-state index contributed by atoms with van der Waals surface area (Å²) >= 11 is 0. The summed E-state index contributed by atoms with van der Waals surface area (Å²) in [4.78, 5) is 23.5. The number of carbonyl (C=O) groups is 2. The van der Waals surface area contributed by atoms with Crippen molar-refractivity contribution in [2.75, 3.05) is 19.8 Å². The molecule has 0 aliphatic heterocycles. The molecule has 0 unspecified atom stereocenters. The molecule has 0 saturated carbocycles. The largest absolute Gasteiger partial charge is 0.491 e. The molecule has 1 amide bonds. The van der Waals surface area contributed by atoms with Crippen molar-refractivity contribution in [2.45, 2.75) is 26.8 Å². The molecule has 2 rings (SSSR count). The van der Waals surface area contributed by atoms with Gasteiger partial charge < -0.3 is 19.9 Å². The van der Waals surface area contributed by atoms with Crippen molar-refractivity contribution in [3.63, 3.8) is 0 Å². The SMILES string of the molecule is CCOCCOc1cc(C)ccc1CNC(=O)Cc1ccccc1C(=O)O. The number of rotatable bonds is 10. The Morgan fingerprint density at radius 1 is 1.07 bits per heavy atom. The molecule has 0 saturated heterocycles. The van der Waals surface area contributed by atoms with E-state index in [1.54, 1.807) is 18.2 Å². The fraction of sp³-hybridized carbons (Fsp3) is 0.333. The lowest BCUT2D eigenvalue weighted by molar-refractivity contribution is -0.120. The highest BCUT2D eigenvalue weighted by Crippen LogP contribution is 2.20. The summed E-state index contributed by atoms with van der Waals surface area (Å²) in [5.41, 5.74) is 2.55. The van der Waals surface area contributed by atoms with Gasteiger partial charge in [-0.25, -0.2) is 4.79 Å². The second-order valence-electron chi connectivity index (χ2n) is 6.07. The van der Waals surface area contributed by atoms with Gasteiger partial charge in [0.1, 0.15) is 12.4 Å². The Morgan fingerprint density at radius 3 is 2.59 bits per heavy atom. The number of nitrogens with one attached hydrogen (secondary N) is 1. The Bertz CT molecular complexity index is 788. The first-order valence-corrected chi connectivity index (χ1v) is 8.89. The van der Waals surface area contributed by atoms with Crippen LogP contribution < -0.4 is 10.1 Å². The third-order valence-electron chi connectivity index (χ3n) is 3.99. The van der Waals surface area contributed by atoms with Gasteiger partial charge in [0.15, 0.2) is 0 Å². The number of carboxylic acid groups (broad SMARTS) is 1. The first-order valence-electron chi connectivity index (χ1n) is 8.89. The van der Waals surface area contributed by atoms with Crippen LogP contribution >= 0.6 is 0 Å². The van der Waals surface area contributed by atoms with E-state index in [1.807, 2.05) is 32.0 Å². The van der Waals surface area contributed by atoms with Crippen molar-refractivity contribution < 1.29 is 24.2 Å². The summed E-state index contributed by atoms with van der Waals surface area (Å²) in [7, 11) is 0. The standard InChI is InChI=1S/C21H25NO5/c1-3-26-10-11-27-19-12-15(2)8-9-17(19)14-22-20(23)13-16-6-4-5-7-18(16)21(24)25/h4-9,12H,3,10-11,13-14H2,1-2H3,(H,22,23)(H,24,25). The van der Waals surface area contributed by atoms with Crippen LogP contribution in [0.3, 0.4) is 0 Å². The van der Waals surface area contributed by atoms with Crippen LogP contribution in [0.15, 0.2) is 42.5 Å². The van der Waals surface area contributed by atoms with Crippen LogP contribution in [-0.2, 0) is 22.5 Å². The maximum absolute atomic E-state index is 12.3. The molecular weight excluding hydrogens is 346 g/mol. The zero-order chi connectivity index (χ0) is 19.6. The van der Waals surface area contributed by atoms with E-state index < -0.39 is 5.97 Å². The molecule has 0 bridgehead atoms. The van der Waals surface area contributed by atoms with E-state index in [4.69, 9.17) is 9.47 Å². The van der Waals surface area contributed by atoms with Gasteiger partial charge >= 0.3 is 5.97 Å². The zero-order valence-corrected chi connectivity index (χ0v) is 15.7. The van der Waals surface area contributed by atoms with Crippen LogP contribution in [0.2, 0.25) is 0 Å². The van der Waals surface area contributed by atoms with E-state index in [-0.39, 0.29) is 17.9 Å². The maximum Gasteiger partial charge on any atom is 0.335 e. The summed E-state index contributed by atoms with van der Waals surface area (Å²) in [6.07, 6.45) is 0.00879. The van der Waals surface area contributed by atoms with Gasteiger partial charge in [-0.1, -0.05) is 30.3 Å². The molecule has 0 spiro atoms. The molecule has 0 radical (unpaired) electrons. The lowest BCUT2D eigenvalue weighted by Crippen LogP contribution is -2.25. The first-order chi connectivity index (χ1) is 13.0. The van der Waals surface area contributed by atoms with Crippen molar-refractivity contribution in [2.24, 2.45) is 0 Å². The summed E-state index contributed by atoms with van der Waals surface area (Å²) in [5.74, 6) is -0.576. The molecule has 0 fully saturated rings. The zero-order valence-electron chi connectivity index (χ0n) is 15.7. The van der Waals surface area contributed by atoms with Crippen LogP contribution in [0.25, 0.3) is 0 Å². The number of carbonyl (C=O) groups excluding carboxylic acids is 1. The van der Waals surface area contributed by atoms with E-state index in [2.05, 4.69) is 5.32 Å². The number of hydrogen-bond acceptors (Lipinski definition) is 4. The first kappa shape index (κ1) is 20.5. The number of amides is 1. The van der Waals surface area contributed by atoms with Crippen molar-refractivity contribution in [1.82, 2.24) is 5.32 Å². The quantitative estimate of drug-likeness (QED) is 0.627. The number of carboxylic acids is 1. The minimum absolute atomic E-state index is 0.00879. The van der Waals surface area contributed by atoms with Gasteiger partial charge in [0.2, 0.25) is 5.91 Å². The predicted octanol–water partition coefficient (Wildman–Crippen LogP) is 2.97. The van der Waals surface area contributed by atoms with Crippen LogP contribution in [0.4, 0.5) is 0 Å². The second kappa shape index (κ2) is 10.3. The Labute approximate surface area is 159 Å². The Kier molecular flexibility index (Phi) is 7.82. The molecule has 0 aliphatic rings. The lowest BCUT2D eigenvalue weighted by atomic mass is 10.0. The fourth-order valence-electron chi connectivity index (χ4n) is 2.61. The van der Waals surface area contributed by atoms with Crippen molar-refractivity contribution >= 4 is 11.9 Å².